The molecule has 0 bridgehead atoms. The van der Waals surface area contributed by atoms with Gasteiger partial charge in [-0.2, -0.15) is 0 Å². The number of halogens is 1. The molecule has 0 saturated heterocycles. The van der Waals surface area contributed by atoms with Crippen molar-refractivity contribution < 1.29 is 4.39 Å². The first-order valence-electron chi connectivity index (χ1n) is 13.1. The lowest BCUT2D eigenvalue weighted by Gasteiger charge is -2.29. The Hall–Kier alpha value is -2.41. The molecule has 0 N–H and O–H groups in total. The van der Waals surface area contributed by atoms with Gasteiger partial charge in [0.25, 0.3) is 0 Å². The molecule has 0 aliphatic rings. The lowest BCUT2D eigenvalue weighted by molar-refractivity contribution is 0.318. The summed E-state index contributed by atoms with van der Waals surface area (Å²) in [6, 6.07) is 27.3. The quantitative estimate of drug-likeness (QED) is 0.224. The van der Waals surface area contributed by atoms with Gasteiger partial charge in [0, 0.05) is 0 Å². The summed E-state index contributed by atoms with van der Waals surface area (Å²) in [5, 5.41) is 0. The molecule has 3 aromatic rings. The summed E-state index contributed by atoms with van der Waals surface area (Å²) >= 11 is 0. The van der Waals surface area contributed by atoms with Crippen LogP contribution >= 0.6 is 0 Å². The SMILES string of the molecule is CC(C)(CCCCc1ccccc1)Cc1ccc(F)c(C(C)(C)CCCCc2ccccc2)c1. The van der Waals surface area contributed by atoms with Crippen molar-refractivity contribution in [3.63, 3.8) is 0 Å². The lowest BCUT2D eigenvalue weighted by atomic mass is 9.76. The first kappa shape index (κ1) is 26.2. The normalized spacial score (nSPS) is 12.1. The molecule has 0 spiro atoms. The Morgan fingerprint density at radius 2 is 1.12 bits per heavy atom. The van der Waals surface area contributed by atoms with Crippen molar-refractivity contribution in [2.24, 2.45) is 5.41 Å². The third kappa shape index (κ3) is 8.42. The van der Waals surface area contributed by atoms with E-state index in [2.05, 4.69) is 94.4 Å². The Bertz CT molecular complexity index is 986. The predicted octanol–water partition coefficient (Wildman–Crippen LogP) is 9.50. The van der Waals surface area contributed by atoms with Crippen molar-refractivity contribution in [1.29, 1.82) is 0 Å². The molecule has 0 amide bonds. The number of hydrogen-bond donors (Lipinski definition) is 0. The standard InChI is InChI=1S/C33H43F/c1-32(2,23-13-11-19-27-15-7-5-8-16-27)26-29-21-22-31(34)30(25-29)33(3,4)24-14-12-20-28-17-9-6-10-18-28/h5-10,15-18,21-22,25H,11-14,19-20,23-24,26H2,1-4H3. The molecule has 0 saturated carbocycles. The van der Waals surface area contributed by atoms with Crippen molar-refractivity contribution >= 4 is 0 Å². The first-order valence-corrected chi connectivity index (χ1v) is 13.1. The van der Waals surface area contributed by atoms with E-state index < -0.39 is 0 Å². The van der Waals surface area contributed by atoms with E-state index in [1.54, 1.807) is 6.07 Å². The number of aryl methyl sites for hydroxylation is 2. The van der Waals surface area contributed by atoms with E-state index in [0.29, 0.717) is 0 Å². The van der Waals surface area contributed by atoms with Gasteiger partial charge in [0.05, 0.1) is 0 Å². The van der Waals surface area contributed by atoms with E-state index in [-0.39, 0.29) is 16.6 Å². The Balaban J connectivity index is 1.51. The second-order valence-corrected chi connectivity index (χ2v) is 11.4. The fourth-order valence-electron chi connectivity index (χ4n) is 5.09. The first-order chi connectivity index (χ1) is 16.3. The van der Waals surface area contributed by atoms with E-state index in [0.717, 1.165) is 44.1 Å². The largest absolute Gasteiger partial charge is 0.207 e. The van der Waals surface area contributed by atoms with E-state index >= 15 is 0 Å². The van der Waals surface area contributed by atoms with Crippen LogP contribution in [0, 0.1) is 11.2 Å². The molecule has 0 fully saturated rings. The molecular weight excluding hydrogens is 415 g/mol. The fraction of sp³-hybridized carbons (Fsp3) is 0.455. The Morgan fingerprint density at radius 1 is 0.588 bits per heavy atom. The van der Waals surface area contributed by atoms with Gasteiger partial charge < -0.3 is 0 Å². The predicted molar refractivity (Wildman–Crippen MR) is 145 cm³/mol. The Labute approximate surface area is 207 Å². The molecule has 1 heteroatoms. The minimum absolute atomic E-state index is 0.0579. The van der Waals surface area contributed by atoms with E-state index in [1.807, 2.05) is 6.07 Å². The van der Waals surface area contributed by atoms with Crippen LogP contribution in [0.3, 0.4) is 0 Å². The molecule has 0 atom stereocenters. The molecule has 0 unspecified atom stereocenters. The zero-order valence-corrected chi connectivity index (χ0v) is 21.7. The highest BCUT2D eigenvalue weighted by molar-refractivity contribution is 5.31. The average Bonchev–Trinajstić information content (AvgIpc) is 2.82. The second-order valence-electron chi connectivity index (χ2n) is 11.4. The van der Waals surface area contributed by atoms with Crippen molar-refractivity contribution in [1.82, 2.24) is 0 Å². The highest BCUT2D eigenvalue weighted by atomic mass is 19.1. The summed E-state index contributed by atoms with van der Waals surface area (Å²) in [4.78, 5) is 0. The van der Waals surface area contributed by atoms with Crippen LogP contribution in [0.4, 0.5) is 4.39 Å². The Kier molecular flexibility index (Phi) is 9.51. The molecule has 0 radical (unpaired) electrons. The maximum absolute atomic E-state index is 14.9. The highest BCUT2D eigenvalue weighted by Crippen LogP contribution is 2.34. The van der Waals surface area contributed by atoms with Crippen LogP contribution in [0.15, 0.2) is 78.9 Å². The molecule has 34 heavy (non-hydrogen) atoms. The maximum Gasteiger partial charge on any atom is 0.126 e. The summed E-state index contributed by atoms with van der Waals surface area (Å²) in [6.07, 6.45) is 10.1. The number of benzene rings is 3. The third-order valence-electron chi connectivity index (χ3n) is 7.21. The van der Waals surface area contributed by atoms with Crippen LogP contribution in [0.1, 0.15) is 88.5 Å². The fourth-order valence-corrected chi connectivity index (χ4v) is 5.09. The van der Waals surface area contributed by atoms with Gasteiger partial charge in [0.2, 0.25) is 0 Å². The van der Waals surface area contributed by atoms with Crippen molar-refractivity contribution in [3.05, 3.63) is 107 Å². The van der Waals surface area contributed by atoms with Crippen LogP contribution in [0.25, 0.3) is 0 Å². The van der Waals surface area contributed by atoms with Crippen LogP contribution in [0.5, 0.6) is 0 Å². The van der Waals surface area contributed by atoms with Crippen LogP contribution in [0.2, 0.25) is 0 Å². The molecular formula is C33H43F. The van der Waals surface area contributed by atoms with Gasteiger partial charge in [-0.05, 0) is 84.1 Å². The molecule has 0 nitrogen and oxygen atoms in total. The maximum atomic E-state index is 14.9. The minimum atomic E-state index is -0.156. The zero-order chi connectivity index (χ0) is 24.4. The van der Waals surface area contributed by atoms with E-state index in [1.165, 1.54) is 36.0 Å². The Morgan fingerprint density at radius 3 is 1.68 bits per heavy atom. The van der Waals surface area contributed by atoms with Gasteiger partial charge in [0.15, 0.2) is 0 Å². The second kappa shape index (κ2) is 12.3. The van der Waals surface area contributed by atoms with Crippen LogP contribution < -0.4 is 0 Å². The topological polar surface area (TPSA) is 0 Å². The zero-order valence-electron chi connectivity index (χ0n) is 21.7. The van der Waals surface area contributed by atoms with Crippen molar-refractivity contribution in [3.8, 4) is 0 Å². The minimum Gasteiger partial charge on any atom is -0.207 e. The molecule has 0 aromatic heterocycles. The van der Waals surface area contributed by atoms with Gasteiger partial charge in [-0.25, -0.2) is 4.39 Å². The molecule has 0 heterocycles. The lowest BCUT2D eigenvalue weighted by Crippen LogP contribution is -2.21. The van der Waals surface area contributed by atoms with Gasteiger partial charge in [-0.3, -0.25) is 0 Å². The molecule has 0 aliphatic carbocycles. The van der Waals surface area contributed by atoms with Gasteiger partial charge in [-0.1, -0.05) is 113 Å². The van der Waals surface area contributed by atoms with Gasteiger partial charge >= 0.3 is 0 Å². The highest BCUT2D eigenvalue weighted by Gasteiger charge is 2.25. The van der Waals surface area contributed by atoms with Gasteiger partial charge in [0.1, 0.15) is 5.82 Å². The number of rotatable bonds is 13. The third-order valence-corrected chi connectivity index (χ3v) is 7.21. The smallest absolute Gasteiger partial charge is 0.126 e. The summed E-state index contributed by atoms with van der Waals surface area (Å²) in [5.41, 5.74) is 5.02. The van der Waals surface area contributed by atoms with Crippen molar-refractivity contribution in [2.45, 2.75) is 90.9 Å². The van der Waals surface area contributed by atoms with Gasteiger partial charge in [-0.15, -0.1) is 0 Å². The summed E-state index contributed by atoms with van der Waals surface area (Å²) in [6.45, 7) is 9.11. The van der Waals surface area contributed by atoms with Crippen molar-refractivity contribution in [2.75, 3.05) is 0 Å². The van der Waals surface area contributed by atoms with E-state index in [9.17, 15) is 4.39 Å². The summed E-state index contributed by atoms with van der Waals surface area (Å²) in [5.74, 6) is -0.0579. The molecule has 3 rings (SSSR count). The number of hydrogen-bond acceptors (Lipinski definition) is 0. The summed E-state index contributed by atoms with van der Waals surface area (Å²) < 4.78 is 14.9. The molecule has 3 aromatic carbocycles. The molecule has 0 aliphatic heterocycles. The number of unbranched alkanes of at least 4 members (excludes halogenated alkanes) is 2. The van der Waals surface area contributed by atoms with Crippen LogP contribution in [-0.2, 0) is 24.7 Å². The monoisotopic (exact) mass is 458 g/mol. The van der Waals surface area contributed by atoms with E-state index in [4.69, 9.17) is 0 Å². The summed E-state index contributed by atoms with van der Waals surface area (Å²) in [7, 11) is 0. The van der Waals surface area contributed by atoms with Crippen LogP contribution in [-0.4, -0.2) is 0 Å². The average molecular weight is 459 g/mol. The molecule has 182 valence electrons.